The number of hydrogen-bond donors (Lipinski definition) is 7. The number of aliphatic hydroxyl groups excluding tert-OH is 7. The van der Waals surface area contributed by atoms with E-state index in [1.54, 1.807) is 0 Å². The van der Waals surface area contributed by atoms with Crippen LogP contribution in [0.4, 0.5) is 0 Å². The summed E-state index contributed by atoms with van der Waals surface area (Å²) in [5.74, 6) is 0. The lowest BCUT2D eigenvalue weighted by Crippen LogP contribution is -2.64. The summed E-state index contributed by atoms with van der Waals surface area (Å²) in [6.07, 6.45) is -13.8. The molecule has 0 aliphatic carbocycles. The maximum absolute atomic E-state index is 10.5. The highest BCUT2D eigenvalue weighted by Gasteiger charge is 2.50. The molecule has 7 N–H and O–H groups in total. The number of rotatable bonds is 10. The van der Waals surface area contributed by atoms with Crippen LogP contribution < -0.4 is 0 Å². The van der Waals surface area contributed by atoms with Crippen LogP contribution in [0.3, 0.4) is 0 Å². The molecule has 0 saturated carbocycles. The van der Waals surface area contributed by atoms with Crippen molar-refractivity contribution in [2.75, 3.05) is 19.8 Å². The number of hydrogen-bond acceptors (Lipinski definition) is 13. The second kappa shape index (κ2) is 12.8. The summed E-state index contributed by atoms with van der Waals surface area (Å²) in [5.41, 5.74) is 0.922. The highest BCUT2D eigenvalue weighted by atomic mass is 16.7. The Hall–Kier alpha value is -1.75. The van der Waals surface area contributed by atoms with Gasteiger partial charge in [0.25, 0.3) is 0 Å². The van der Waals surface area contributed by atoms with Gasteiger partial charge in [0.1, 0.15) is 55.4 Å². The molecule has 0 aromatic heterocycles. The first-order chi connectivity index (χ1) is 16.4. The maximum Gasteiger partial charge on any atom is 0.187 e. The Balaban J connectivity index is 1.52. The van der Waals surface area contributed by atoms with Gasteiger partial charge >= 0.3 is 0 Å². The molecule has 0 radical (unpaired) electrons. The molecular formula is C21H31NO12. The largest absolute Gasteiger partial charge is 0.394 e. The van der Waals surface area contributed by atoms with E-state index in [4.69, 9.17) is 23.8 Å². The first-order valence-electron chi connectivity index (χ1n) is 10.7. The zero-order valence-corrected chi connectivity index (χ0v) is 18.2. The molecule has 13 nitrogen and oxygen atoms in total. The average molecular weight is 489 g/mol. The summed E-state index contributed by atoms with van der Waals surface area (Å²) in [7, 11) is 0. The second-order valence-electron chi connectivity index (χ2n) is 7.89. The van der Waals surface area contributed by atoms with Crippen LogP contribution in [-0.2, 0) is 30.4 Å². The molecule has 0 bridgehead atoms. The van der Waals surface area contributed by atoms with Crippen molar-refractivity contribution in [1.29, 1.82) is 0 Å². The lowest BCUT2D eigenvalue weighted by atomic mass is 9.97. The van der Waals surface area contributed by atoms with E-state index in [2.05, 4.69) is 5.16 Å². The third kappa shape index (κ3) is 6.47. The monoisotopic (exact) mass is 489 g/mol. The summed E-state index contributed by atoms with van der Waals surface area (Å²) in [6, 6.07) is 9.35. The summed E-state index contributed by atoms with van der Waals surface area (Å²) in [5, 5.41) is 73.5. The average Bonchev–Trinajstić information content (AvgIpc) is 2.85. The molecule has 2 saturated heterocycles. The van der Waals surface area contributed by atoms with Gasteiger partial charge in [-0.05, 0) is 5.56 Å². The van der Waals surface area contributed by atoms with Gasteiger partial charge in [-0.25, -0.2) is 0 Å². The van der Waals surface area contributed by atoms with E-state index in [0.29, 0.717) is 0 Å². The first-order valence-corrected chi connectivity index (χ1v) is 10.7. The van der Waals surface area contributed by atoms with Crippen molar-refractivity contribution in [2.24, 2.45) is 5.16 Å². The second-order valence-corrected chi connectivity index (χ2v) is 7.89. The molecule has 2 aliphatic heterocycles. The van der Waals surface area contributed by atoms with Gasteiger partial charge < -0.3 is 59.5 Å². The van der Waals surface area contributed by atoms with Crippen LogP contribution in [0.5, 0.6) is 0 Å². The number of ether oxygens (including phenoxy) is 4. The van der Waals surface area contributed by atoms with Gasteiger partial charge in [-0.3, -0.25) is 0 Å². The van der Waals surface area contributed by atoms with Gasteiger partial charge in [-0.1, -0.05) is 35.5 Å². The predicted molar refractivity (Wildman–Crippen MR) is 112 cm³/mol. The molecule has 2 heterocycles. The molecule has 192 valence electrons. The quantitative estimate of drug-likeness (QED) is 0.129. The van der Waals surface area contributed by atoms with Crippen molar-refractivity contribution < 1.29 is 59.5 Å². The number of oxime groups is 1. The first kappa shape index (κ1) is 26.8. The van der Waals surface area contributed by atoms with Crippen LogP contribution >= 0.6 is 0 Å². The highest BCUT2D eigenvalue weighted by molar-refractivity contribution is 5.57. The van der Waals surface area contributed by atoms with Crippen molar-refractivity contribution in [3.63, 3.8) is 0 Å². The number of nitrogens with zero attached hydrogens (tertiary/aromatic N) is 1. The molecule has 34 heavy (non-hydrogen) atoms. The van der Waals surface area contributed by atoms with Crippen molar-refractivity contribution in [3.05, 3.63) is 35.9 Å². The van der Waals surface area contributed by atoms with Crippen LogP contribution in [-0.4, -0.2) is 123 Å². The van der Waals surface area contributed by atoms with Crippen LogP contribution in [0.25, 0.3) is 0 Å². The Morgan fingerprint density at radius 2 is 1.44 bits per heavy atom. The van der Waals surface area contributed by atoms with Gasteiger partial charge in [0.15, 0.2) is 12.6 Å². The fourth-order valence-corrected chi connectivity index (χ4v) is 3.60. The minimum absolute atomic E-state index is 0.139. The van der Waals surface area contributed by atoms with E-state index in [-0.39, 0.29) is 13.2 Å². The standard InChI is InChI=1S/C21H31NO12/c23-8-12-14(25)15(26)17(28)21(32-12)34-19-13(9-24)33-20(18(29)16(19)27)30-7-6-22-31-10-11-4-2-1-3-5-11/h1-6,12-21,23-29H,7-10H2/t12?,13?,14-,15?,16?,17?,18?,19-,20-,21-/m1/s1. The Morgan fingerprint density at radius 3 is 2.12 bits per heavy atom. The molecule has 0 amide bonds. The fraction of sp³-hybridized carbons (Fsp3) is 0.667. The Bertz CT molecular complexity index is 751. The molecule has 2 aliphatic rings. The molecule has 0 spiro atoms. The molecule has 1 aromatic carbocycles. The molecular weight excluding hydrogens is 458 g/mol. The lowest BCUT2D eigenvalue weighted by Gasteiger charge is -2.45. The van der Waals surface area contributed by atoms with Crippen LogP contribution in [0.2, 0.25) is 0 Å². The highest BCUT2D eigenvalue weighted by Crippen LogP contribution is 2.29. The van der Waals surface area contributed by atoms with E-state index >= 15 is 0 Å². The topological polar surface area (TPSA) is 200 Å². The normalized spacial score (nSPS) is 38.8. The SMILES string of the molecule is OCC1O[C@H](O[C@@H]2C(CO)O[C@@H](OCC=NOCc3ccccc3)C(O)C2O)C(O)C(O)[C@@H]1O. The third-order valence-corrected chi connectivity index (χ3v) is 5.52. The Kier molecular flexibility index (Phi) is 10.1. The van der Waals surface area contributed by atoms with E-state index in [1.165, 1.54) is 6.21 Å². The van der Waals surface area contributed by atoms with Crippen LogP contribution in [0.15, 0.2) is 35.5 Å². The van der Waals surface area contributed by atoms with Crippen molar-refractivity contribution in [1.82, 2.24) is 0 Å². The molecule has 13 heteroatoms. The van der Waals surface area contributed by atoms with Gasteiger partial charge in [0.05, 0.1) is 26.0 Å². The Morgan fingerprint density at radius 1 is 0.794 bits per heavy atom. The summed E-state index contributed by atoms with van der Waals surface area (Å²) >= 11 is 0. The minimum Gasteiger partial charge on any atom is -0.394 e. The summed E-state index contributed by atoms with van der Waals surface area (Å²) < 4.78 is 21.6. The zero-order chi connectivity index (χ0) is 24.7. The zero-order valence-electron chi connectivity index (χ0n) is 18.2. The predicted octanol–water partition coefficient (Wildman–Crippen LogP) is -3.17. The third-order valence-electron chi connectivity index (χ3n) is 5.52. The molecule has 2 fully saturated rings. The van der Waals surface area contributed by atoms with Gasteiger partial charge in [0.2, 0.25) is 0 Å². The Labute approximate surface area is 195 Å². The molecule has 6 unspecified atom stereocenters. The van der Waals surface area contributed by atoms with E-state index in [9.17, 15) is 35.7 Å². The number of benzene rings is 1. The van der Waals surface area contributed by atoms with E-state index in [1.807, 2.05) is 30.3 Å². The van der Waals surface area contributed by atoms with Crippen molar-refractivity contribution in [3.8, 4) is 0 Å². The van der Waals surface area contributed by atoms with Crippen LogP contribution in [0, 0.1) is 0 Å². The molecule has 10 atom stereocenters. The van der Waals surface area contributed by atoms with Crippen LogP contribution in [0.1, 0.15) is 5.56 Å². The van der Waals surface area contributed by atoms with E-state index in [0.717, 1.165) is 5.56 Å². The van der Waals surface area contributed by atoms with Crippen molar-refractivity contribution in [2.45, 2.75) is 68.0 Å². The molecule has 3 rings (SSSR count). The summed E-state index contributed by atoms with van der Waals surface area (Å²) in [6.45, 7) is -1.21. The smallest absolute Gasteiger partial charge is 0.187 e. The van der Waals surface area contributed by atoms with Gasteiger partial charge in [-0.15, -0.1) is 0 Å². The lowest BCUT2D eigenvalue weighted by molar-refractivity contribution is -0.358. The molecule has 1 aromatic rings. The van der Waals surface area contributed by atoms with Gasteiger partial charge in [0, 0.05) is 0 Å². The van der Waals surface area contributed by atoms with E-state index < -0.39 is 74.6 Å². The summed E-state index contributed by atoms with van der Waals surface area (Å²) in [4.78, 5) is 5.13. The van der Waals surface area contributed by atoms with Gasteiger partial charge in [-0.2, -0.15) is 0 Å². The van der Waals surface area contributed by atoms with Crippen molar-refractivity contribution >= 4 is 6.21 Å². The number of aliphatic hydroxyl groups is 7. The minimum atomic E-state index is -1.73. The fourth-order valence-electron chi connectivity index (χ4n) is 3.60. The maximum atomic E-state index is 10.5.